The molecular weight excluding hydrogens is 304 g/mol. The molecule has 124 valence electrons. The van der Waals surface area contributed by atoms with Gasteiger partial charge in [-0.25, -0.2) is 0 Å². The summed E-state index contributed by atoms with van der Waals surface area (Å²) in [7, 11) is 0. The van der Waals surface area contributed by atoms with Crippen molar-refractivity contribution in [3.8, 4) is 0 Å². The molecule has 2 rings (SSSR count). The standard InChI is InChI=1S/C16H24O5S/c1-16(2,3)9-5-4-6-10(7-9)22-15-14(20)13(19)12(18)11(8-17)21-15/h4-7,11-15,17-20H,8H2,1-3H3/t11?,12?,13?,14?,15-/m1/s1. The number of aliphatic hydroxyl groups is 4. The number of ether oxygens (including phenoxy) is 1. The van der Waals surface area contributed by atoms with Crippen molar-refractivity contribution >= 4 is 11.8 Å². The molecule has 0 spiro atoms. The van der Waals surface area contributed by atoms with E-state index in [4.69, 9.17) is 4.74 Å². The lowest BCUT2D eigenvalue weighted by Gasteiger charge is -2.39. The molecule has 1 aromatic rings. The first-order valence-electron chi connectivity index (χ1n) is 7.32. The van der Waals surface area contributed by atoms with E-state index >= 15 is 0 Å². The summed E-state index contributed by atoms with van der Waals surface area (Å²) in [5, 5.41) is 38.9. The van der Waals surface area contributed by atoms with Crippen LogP contribution >= 0.6 is 11.8 Å². The van der Waals surface area contributed by atoms with Crippen LogP contribution in [-0.2, 0) is 10.2 Å². The van der Waals surface area contributed by atoms with Crippen molar-refractivity contribution in [2.45, 2.75) is 60.9 Å². The number of thioether (sulfide) groups is 1. The first-order valence-corrected chi connectivity index (χ1v) is 8.19. The van der Waals surface area contributed by atoms with E-state index in [2.05, 4.69) is 20.8 Å². The zero-order valence-electron chi connectivity index (χ0n) is 13.0. The summed E-state index contributed by atoms with van der Waals surface area (Å²) in [6.07, 6.45) is -4.75. The highest BCUT2D eigenvalue weighted by atomic mass is 32.2. The maximum absolute atomic E-state index is 10.1. The molecule has 1 aliphatic heterocycles. The molecule has 4 N–H and O–H groups in total. The zero-order valence-corrected chi connectivity index (χ0v) is 13.8. The van der Waals surface area contributed by atoms with Crippen LogP contribution in [0.25, 0.3) is 0 Å². The average Bonchev–Trinajstić information content (AvgIpc) is 2.47. The van der Waals surface area contributed by atoms with Gasteiger partial charge in [0, 0.05) is 4.90 Å². The Kier molecular flexibility index (Phi) is 5.53. The van der Waals surface area contributed by atoms with E-state index in [1.54, 1.807) is 0 Å². The molecule has 5 nitrogen and oxygen atoms in total. The van der Waals surface area contributed by atoms with E-state index in [-0.39, 0.29) is 5.41 Å². The fourth-order valence-electron chi connectivity index (χ4n) is 2.33. The molecule has 0 aromatic heterocycles. The minimum absolute atomic E-state index is 0.00590. The van der Waals surface area contributed by atoms with Gasteiger partial charge in [-0.15, -0.1) is 0 Å². The van der Waals surface area contributed by atoms with Crippen molar-refractivity contribution < 1.29 is 25.2 Å². The third-order valence-corrected chi connectivity index (χ3v) is 4.95. The molecular formula is C16H24O5S. The number of benzene rings is 1. The molecule has 1 aromatic carbocycles. The summed E-state index contributed by atoms with van der Waals surface area (Å²) >= 11 is 1.27. The van der Waals surface area contributed by atoms with Gasteiger partial charge in [0.1, 0.15) is 29.9 Å². The van der Waals surface area contributed by atoms with Gasteiger partial charge in [0.25, 0.3) is 0 Å². The van der Waals surface area contributed by atoms with Crippen molar-refractivity contribution in [2.75, 3.05) is 6.61 Å². The molecule has 5 atom stereocenters. The largest absolute Gasteiger partial charge is 0.394 e. The lowest BCUT2D eigenvalue weighted by molar-refractivity contribution is -0.205. The van der Waals surface area contributed by atoms with Crippen LogP contribution in [-0.4, -0.2) is 56.9 Å². The Morgan fingerprint density at radius 1 is 1.09 bits per heavy atom. The molecule has 1 fully saturated rings. The van der Waals surface area contributed by atoms with E-state index in [0.29, 0.717) is 0 Å². The van der Waals surface area contributed by atoms with E-state index in [0.717, 1.165) is 10.5 Å². The van der Waals surface area contributed by atoms with Gasteiger partial charge in [0.2, 0.25) is 0 Å². The number of aliphatic hydroxyl groups excluding tert-OH is 4. The maximum atomic E-state index is 10.1. The van der Waals surface area contributed by atoms with Crippen LogP contribution in [0.1, 0.15) is 26.3 Å². The van der Waals surface area contributed by atoms with E-state index < -0.39 is 36.5 Å². The summed E-state index contributed by atoms with van der Waals surface area (Å²) in [6.45, 7) is 5.93. The molecule has 0 saturated carbocycles. The lowest BCUT2D eigenvalue weighted by Crippen LogP contribution is -2.57. The minimum atomic E-state index is -1.34. The third-order valence-electron chi connectivity index (χ3n) is 3.80. The molecule has 0 amide bonds. The topological polar surface area (TPSA) is 90.2 Å². The Balaban J connectivity index is 2.16. The minimum Gasteiger partial charge on any atom is -0.394 e. The smallest absolute Gasteiger partial charge is 0.136 e. The van der Waals surface area contributed by atoms with Gasteiger partial charge in [0.15, 0.2) is 0 Å². The monoisotopic (exact) mass is 328 g/mol. The van der Waals surface area contributed by atoms with Crippen molar-refractivity contribution in [2.24, 2.45) is 0 Å². The first-order chi connectivity index (χ1) is 10.2. The zero-order chi connectivity index (χ0) is 16.5. The van der Waals surface area contributed by atoms with Crippen LogP contribution in [0.2, 0.25) is 0 Å². The van der Waals surface area contributed by atoms with Gasteiger partial charge < -0.3 is 25.2 Å². The fraction of sp³-hybridized carbons (Fsp3) is 0.625. The van der Waals surface area contributed by atoms with Crippen LogP contribution in [0.3, 0.4) is 0 Å². The molecule has 6 heteroatoms. The van der Waals surface area contributed by atoms with E-state index in [1.165, 1.54) is 11.8 Å². The maximum Gasteiger partial charge on any atom is 0.136 e. The predicted octanol–water partition coefficient (Wildman–Crippen LogP) is 0.876. The lowest BCUT2D eigenvalue weighted by atomic mass is 9.87. The molecule has 4 unspecified atom stereocenters. The Bertz CT molecular complexity index is 500. The highest BCUT2D eigenvalue weighted by Crippen LogP contribution is 2.35. The number of rotatable bonds is 3. The second-order valence-corrected chi connectivity index (χ2v) is 7.76. The molecule has 0 aliphatic carbocycles. The Labute approximate surface area is 134 Å². The SMILES string of the molecule is CC(C)(C)c1cccc(S[C@H]2OC(CO)C(O)C(O)C2O)c1. The van der Waals surface area contributed by atoms with Crippen molar-refractivity contribution in [3.05, 3.63) is 29.8 Å². The molecule has 1 saturated heterocycles. The average molecular weight is 328 g/mol. The van der Waals surface area contributed by atoms with Gasteiger partial charge in [-0.1, -0.05) is 44.7 Å². The van der Waals surface area contributed by atoms with Crippen LogP contribution in [0, 0.1) is 0 Å². The Morgan fingerprint density at radius 2 is 1.77 bits per heavy atom. The van der Waals surface area contributed by atoms with Crippen LogP contribution in [0.15, 0.2) is 29.2 Å². The quantitative estimate of drug-likeness (QED) is 0.658. The second-order valence-electron chi connectivity index (χ2n) is 6.59. The van der Waals surface area contributed by atoms with Crippen LogP contribution in [0.5, 0.6) is 0 Å². The highest BCUT2D eigenvalue weighted by Gasteiger charge is 2.43. The molecule has 0 radical (unpaired) electrons. The second kappa shape index (κ2) is 6.86. The summed E-state index contributed by atoms with van der Waals surface area (Å²) in [5.41, 5.74) is 0.416. The normalized spacial score (nSPS) is 33.0. The van der Waals surface area contributed by atoms with Crippen LogP contribution in [0.4, 0.5) is 0 Å². The van der Waals surface area contributed by atoms with Gasteiger partial charge >= 0.3 is 0 Å². The number of hydrogen-bond donors (Lipinski definition) is 4. The number of hydrogen-bond acceptors (Lipinski definition) is 6. The van der Waals surface area contributed by atoms with Gasteiger partial charge in [-0.3, -0.25) is 0 Å². The molecule has 0 bridgehead atoms. The van der Waals surface area contributed by atoms with Crippen molar-refractivity contribution in [3.63, 3.8) is 0 Å². The predicted molar refractivity (Wildman–Crippen MR) is 84.8 cm³/mol. The first kappa shape index (κ1) is 17.7. The van der Waals surface area contributed by atoms with E-state index in [1.807, 2.05) is 24.3 Å². The third kappa shape index (κ3) is 3.82. The highest BCUT2D eigenvalue weighted by molar-refractivity contribution is 7.99. The van der Waals surface area contributed by atoms with Gasteiger partial charge in [-0.2, -0.15) is 0 Å². The molecule has 1 heterocycles. The van der Waals surface area contributed by atoms with Gasteiger partial charge in [0.05, 0.1) is 6.61 Å². The summed E-state index contributed by atoms with van der Waals surface area (Å²) < 4.78 is 5.51. The molecule has 22 heavy (non-hydrogen) atoms. The Morgan fingerprint density at radius 3 is 2.36 bits per heavy atom. The van der Waals surface area contributed by atoms with Crippen molar-refractivity contribution in [1.82, 2.24) is 0 Å². The molecule has 1 aliphatic rings. The summed E-state index contributed by atoms with van der Waals surface area (Å²) in [5.74, 6) is 0. The van der Waals surface area contributed by atoms with Crippen LogP contribution < -0.4 is 0 Å². The van der Waals surface area contributed by atoms with E-state index in [9.17, 15) is 20.4 Å². The fourth-order valence-corrected chi connectivity index (χ4v) is 3.45. The Hall–Kier alpha value is -0.630. The van der Waals surface area contributed by atoms with Crippen molar-refractivity contribution in [1.29, 1.82) is 0 Å². The summed E-state index contributed by atoms with van der Waals surface area (Å²) in [6, 6.07) is 7.90. The summed E-state index contributed by atoms with van der Waals surface area (Å²) in [4.78, 5) is 0.900. The van der Waals surface area contributed by atoms with Gasteiger partial charge in [-0.05, 0) is 23.1 Å².